The number of nitro groups is 1. The smallest absolute Gasteiger partial charge is 0.271 e. The van der Waals surface area contributed by atoms with Crippen LogP contribution in [0, 0.1) is 10.1 Å². The highest BCUT2D eigenvalue weighted by atomic mass is 35.5. The molecule has 0 saturated carbocycles. The van der Waals surface area contributed by atoms with Crippen LogP contribution >= 0.6 is 11.6 Å². The lowest BCUT2D eigenvalue weighted by Gasteiger charge is -2.08. The number of para-hydroxylation sites is 1. The van der Waals surface area contributed by atoms with Gasteiger partial charge in [-0.15, -0.1) is 0 Å². The van der Waals surface area contributed by atoms with Crippen molar-refractivity contribution in [3.05, 3.63) is 69.2 Å². The first kappa shape index (κ1) is 18.5. The number of benzene rings is 2. The largest absolute Gasteiger partial charge is 0.493 e. The zero-order valence-corrected chi connectivity index (χ0v) is 14.3. The summed E-state index contributed by atoms with van der Waals surface area (Å²) in [6, 6.07) is 11.2. The van der Waals surface area contributed by atoms with Crippen LogP contribution in [0.3, 0.4) is 0 Å². The van der Waals surface area contributed by atoms with Gasteiger partial charge in [0.25, 0.3) is 5.69 Å². The van der Waals surface area contributed by atoms with Gasteiger partial charge in [-0.2, -0.15) is 0 Å². The molecule has 0 bridgehead atoms. The molecule has 130 valence electrons. The van der Waals surface area contributed by atoms with Crippen LogP contribution in [0.2, 0.25) is 5.02 Å². The van der Waals surface area contributed by atoms with Gasteiger partial charge in [0.05, 0.1) is 22.2 Å². The van der Waals surface area contributed by atoms with Gasteiger partial charge in [0.2, 0.25) is 5.91 Å². The topological polar surface area (TPSA) is 81.5 Å². The summed E-state index contributed by atoms with van der Waals surface area (Å²) in [6.07, 6.45) is 3.88. The number of nitrogens with zero attached hydrogens (tertiary/aromatic N) is 1. The highest BCUT2D eigenvalue weighted by molar-refractivity contribution is 6.34. The number of hydrogen-bond acceptors (Lipinski definition) is 4. The van der Waals surface area contributed by atoms with Gasteiger partial charge in [0.15, 0.2) is 0 Å². The van der Waals surface area contributed by atoms with Crippen LogP contribution in [0.25, 0.3) is 6.08 Å². The first-order valence-electron chi connectivity index (χ1n) is 7.66. The summed E-state index contributed by atoms with van der Waals surface area (Å²) in [5.74, 6) is 0.294. The number of rotatable bonds is 7. The minimum atomic E-state index is -0.551. The number of ether oxygens (including phenoxy) is 1. The van der Waals surface area contributed by atoms with Crippen molar-refractivity contribution in [1.29, 1.82) is 0 Å². The number of non-ortho nitro benzene ring substituents is 1. The van der Waals surface area contributed by atoms with Crippen molar-refractivity contribution in [2.45, 2.75) is 13.3 Å². The number of halogens is 1. The summed E-state index contributed by atoms with van der Waals surface area (Å²) < 4.78 is 5.62. The number of carbonyl (C=O) groups is 1. The van der Waals surface area contributed by atoms with Crippen molar-refractivity contribution in [2.75, 3.05) is 11.9 Å². The number of hydrogen-bond donors (Lipinski definition) is 1. The lowest BCUT2D eigenvalue weighted by molar-refractivity contribution is -0.384. The van der Waals surface area contributed by atoms with Crippen molar-refractivity contribution in [2.24, 2.45) is 0 Å². The summed E-state index contributed by atoms with van der Waals surface area (Å²) in [4.78, 5) is 22.2. The fourth-order valence-corrected chi connectivity index (χ4v) is 2.24. The molecule has 1 N–H and O–H groups in total. The van der Waals surface area contributed by atoms with E-state index in [9.17, 15) is 14.9 Å². The predicted octanol–water partition coefficient (Wildman–Crippen LogP) is 4.69. The van der Waals surface area contributed by atoms with Crippen LogP contribution in [-0.4, -0.2) is 17.4 Å². The Kier molecular flexibility index (Phi) is 6.54. The molecule has 0 radical (unpaired) electrons. The minimum Gasteiger partial charge on any atom is -0.493 e. The van der Waals surface area contributed by atoms with Gasteiger partial charge in [0.1, 0.15) is 5.75 Å². The highest BCUT2D eigenvalue weighted by Gasteiger charge is 2.10. The Morgan fingerprint density at radius 1 is 1.32 bits per heavy atom. The summed E-state index contributed by atoms with van der Waals surface area (Å²) in [7, 11) is 0. The lowest BCUT2D eigenvalue weighted by atomic mass is 10.2. The van der Waals surface area contributed by atoms with E-state index in [0.717, 1.165) is 12.0 Å². The number of nitro benzene ring substituents is 1. The SMILES string of the molecule is CCCOc1ccccc1/C=C/C(=O)Nc1ccc([N+](=O)[O-])cc1Cl. The molecule has 0 aliphatic rings. The van der Waals surface area contributed by atoms with E-state index in [-0.39, 0.29) is 10.7 Å². The zero-order chi connectivity index (χ0) is 18.2. The Bertz CT molecular complexity index is 805. The molecule has 0 spiro atoms. The average Bonchev–Trinajstić information content (AvgIpc) is 2.60. The Hall–Kier alpha value is -2.86. The number of nitrogens with one attached hydrogen (secondary N) is 1. The molecule has 0 aliphatic carbocycles. The van der Waals surface area contributed by atoms with Crippen molar-refractivity contribution in [1.82, 2.24) is 0 Å². The maximum Gasteiger partial charge on any atom is 0.271 e. The van der Waals surface area contributed by atoms with E-state index in [4.69, 9.17) is 16.3 Å². The highest BCUT2D eigenvalue weighted by Crippen LogP contribution is 2.26. The van der Waals surface area contributed by atoms with Crippen molar-refractivity contribution in [3.8, 4) is 5.75 Å². The second-order valence-corrected chi connectivity index (χ2v) is 5.54. The van der Waals surface area contributed by atoms with E-state index in [0.29, 0.717) is 18.0 Å². The normalized spacial score (nSPS) is 10.6. The molecule has 6 nitrogen and oxygen atoms in total. The standard InChI is InChI=1S/C18H17ClN2O4/c1-2-11-25-17-6-4-3-5-13(17)7-10-18(22)20-16-9-8-14(21(23)24)12-15(16)19/h3-10,12H,2,11H2,1H3,(H,20,22)/b10-7+. The van der Waals surface area contributed by atoms with Crippen LogP contribution in [0.4, 0.5) is 11.4 Å². The molecule has 2 aromatic rings. The number of amides is 1. The van der Waals surface area contributed by atoms with E-state index >= 15 is 0 Å². The zero-order valence-electron chi connectivity index (χ0n) is 13.6. The third-order valence-corrected chi connectivity index (χ3v) is 3.53. The maximum atomic E-state index is 12.1. The molecule has 0 unspecified atom stereocenters. The Morgan fingerprint density at radius 2 is 2.08 bits per heavy atom. The predicted molar refractivity (Wildman–Crippen MR) is 98.0 cm³/mol. The van der Waals surface area contributed by atoms with Crippen LogP contribution in [-0.2, 0) is 4.79 Å². The molecule has 0 atom stereocenters. The monoisotopic (exact) mass is 360 g/mol. The van der Waals surface area contributed by atoms with Crippen molar-refractivity contribution >= 4 is 35.0 Å². The molecular formula is C18H17ClN2O4. The summed E-state index contributed by atoms with van der Waals surface area (Å²) in [6.45, 7) is 2.61. The second-order valence-electron chi connectivity index (χ2n) is 5.13. The van der Waals surface area contributed by atoms with E-state index < -0.39 is 10.8 Å². The first-order valence-corrected chi connectivity index (χ1v) is 8.04. The molecule has 0 aliphatic heterocycles. The average molecular weight is 361 g/mol. The fourth-order valence-electron chi connectivity index (χ4n) is 2.02. The Labute approximate surface area is 150 Å². The molecule has 1 amide bonds. The van der Waals surface area contributed by atoms with Crippen LogP contribution < -0.4 is 10.1 Å². The van der Waals surface area contributed by atoms with Gasteiger partial charge < -0.3 is 10.1 Å². The van der Waals surface area contributed by atoms with Crippen LogP contribution in [0.5, 0.6) is 5.75 Å². The molecule has 0 heterocycles. The fraction of sp³-hybridized carbons (Fsp3) is 0.167. The van der Waals surface area contributed by atoms with Gasteiger partial charge in [0, 0.05) is 23.8 Å². The van der Waals surface area contributed by atoms with Crippen molar-refractivity contribution < 1.29 is 14.5 Å². The van der Waals surface area contributed by atoms with Gasteiger partial charge >= 0.3 is 0 Å². The lowest BCUT2D eigenvalue weighted by Crippen LogP contribution is -2.08. The molecule has 0 saturated heterocycles. The van der Waals surface area contributed by atoms with E-state index in [1.165, 1.54) is 24.3 Å². The Morgan fingerprint density at radius 3 is 2.76 bits per heavy atom. The first-order chi connectivity index (χ1) is 12.0. The summed E-state index contributed by atoms with van der Waals surface area (Å²) in [5, 5.41) is 13.4. The van der Waals surface area contributed by atoms with Crippen LogP contribution in [0.1, 0.15) is 18.9 Å². The minimum absolute atomic E-state index is 0.0997. The quantitative estimate of drug-likeness (QED) is 0.441. The Balaban J connectivity index is 2.08. The van der Waals surface area contributed by atoms with Gasteiger partial charge in [-0.25, -0.2) is 0 Å². The molecule has 2 rings (SSSR count). The maximum absolute atomic E-state index is 12.1. The summed E-state index contributed by atoms with van der Waals surface area (Å²) in [5.41, 5.74) is 0.943. The molecule has 7 heteroatoms. The van der Waals surface area contributed by atoms with E-state index in [1.54, 1.807) is 6.08 Å². The van der Waals surface area contributed by atoms with E-state index in [2.05, 4.69) is 5.32 Å². The van der Waals surface area contributed by atoms with Gasteiger partial charge in [-0.3, -0.25) is 14.9 Å². The molecule has 2 aromatic carbocycles. The molecular weight excluding hydrogens is 344 g/mol. The number of carbonyl (C=O) groups excluding carboxylic acids is 1. The summed E-state index contributed by atoms with van der Waals surface area (Å²) >= 11 is 5.95. The second kappa shape index (κ2) is 8.84. The molecule has 0 fully saturated rings. The number of anilines is 1. The van der Waals surface area contributed by atoms with E-state index in [1.807, 2.05) is 31.2 Å². The molecule has 0 aromatic heterocycles. The van der Waals surface area contributed by atoms with Crippen molar-refractivity contribution in [3.63, 3.8) is 0 Å². The van der Waals surface area contributed by atoms with Gasteiger partial charge in [-0.1, -0.05) is 36.7 Å². The molecule has 25 heavy (non-hydrogen) atoms. The third kappa shape index (κ3) is 5.32. The van der Waals surface area contributed by atoms with Gasteiger partial charge in [-0.05, 0) is 24.6 Å². The third-order valence-electron chi connectivity index (χ3n) is 3.22. The van der Waals surface area contributed by atoms with Crippen LogP contribution in [0.15, 0.2) is 48.5 Å².